The summed E-state index contributed by atoms with van der Waals surface area (Å²) in [7, 11) is 0. The predicted octanol–water partition coefficient (Wildman–Crippen LogP) is 2.62. The van der Waals surface area contributed by atoms with Crippen molar-refractivity contribution in [2.45, 2.75) is 34.2 Å². The summed E-state index contributed by atoms with van der Waals surface area (Å²) >= 11 is 1.77. The number of aromatic nitrogens is 3. The highest BCUT2D eigenvalue weighted by molar-refractivity contribution is 7.11. The molecule has 0 saturated heterocycles. The molecule has 0 radical (unpaired) electrons. The van der Waals surface area contributed by atoms with Crippen molar-refractivity contribution in [2.24, 2.45) is 0 Å². The van der Waals surface area contributed by atoms with Crippen LogP contribution in [0.5, 0.6) is 0 Å². The van der Waals surface area contributed by atoms with Crippen molar-refractivity contribution in [3.8, 4) is 0 Å². The van der Waals surface area contributed by atoms with E-state index in [1.54, 1.807) is 11.3 Å². The van der Waals surface area contributed by atoms with Gasteiger partial charge < -0.3 is 4.57 Å². The van der Waals surface area contributed by atoms with E-state index >= 15 is 0 Å². The van der Waals surface area contributed by atoms with Gasteiger partial charge in [0, 0.05) is 10.6 Å². The second-order valence-electron chi connectivity index (χ2n) is 3.79. The number of aryl methyl sites for hydroxylation is 3. The lowest BCUT2D eigenvalue weighted by atomic mass is 10.4. The zero-order valence-corrected chi connectivity index (χ0v) is 10.4. The van der Waals surface area contributed by atoms with E-state index in [0.717, 1.165) is 22.9 Å². The van der Waals surface area contributed by atoms with E-state index in [-0.39, 0.29) is 0 Å². The van der Waals surface area contributed by atoms with Gasteiger partial charge in [-0.05, 0) is 27.7 Å². The lowest BCUT2D eigenvalue weighted by Gasteiger charge is -2.01. The minimum absolute atomic E-state index is 0.839. The molecule has 0 atom stereocenters. The number of nitrogens with zero attached hydrogens (tertiary/aromatic N) is 3. The van der Waals surface area contributed by atoms with Gasteiger partial charge in [0.1, 0.15) is 5.01 Å². The predicted molar refractivity (Wildman–Crippen MR) is 62.4 cm³/mol. The third-order valence-corrected chi connectivity index (χ3v) is 3.78. The van der Waals surface area contributed by atoms with Gasteiger partial charge in [0.05, 0.1) is 24.3 Å². The van der Waals surface area contributed by atoms with Crippen molar-refractivity contribution < 1.29 is 0 Å². The minimum atomic E-state index is 0.839. The zero-order valence-electron chi connectivity index (χ0n) is 9.53. The quantitative estimate of drug-likeness (QED) is 0.780. The van der Waals surface area contributed by atoms with Gasteiger partial charge in [-0.2, -0.15) is 0 Å². The summed E-state index contributed by atoms with van der Waals surface area (Å²) in [6.07, 6.45) is 1.89. The van der Waals surface area contributed by atoms with Gasteiger partial charge in [0.15, 0.2) is 0 Å². The third-order valence-electron chi connectivity index (χ3n) is 2.72. The summed E-state index contributed by atoms with van der Waals surface area (Å²) in [4.78, 5) is 10.1. The fourth-order valence-electron chi connectivity index (χ4n) is 1.46. The second kappa shape index (κ2) is 3.77. The third kappa shape index (κ3) is 1.95. The highest BCUT2D eigenvalue weighted by atomic mass is 32.1. The molecular weight excluding hydrogens is 206 g/mol. The van der Waals surface area contributed by atoms with Gasteiger partial charge in [-0.3, -0.25) is 0 Å². The maximum Gasteiger partial charge on any atom is 0.113 e. The fraction of sp³-hybridized carbons (Fsp3) is 0.455. The molecule has 2 rings (SSSR count). The number of hydrogen-bond acceptors (Lipinski definition) is 3. The van der Waals surface area contributed by atoms with Crippen LogP contribution in [0.4, 0.5) is 0 Å². The molecule has 0 amide bonds. The van der Waals surface area contributed by atoms with E-state index in [4.69, 9.17) is 0 Å². The first kappa shape index (κ1) is 10.4. The smallest absolute Gasteiger partial charge is 0.113 e. The Bertz CT molecular complexity index is 462. The maximum absolute atomic E-state index is 4.53. The summed E-state index contributed by atoms with van der Waals surface area (Å²) in [6, 6.07) is 0. The van der Waals surface area contributed by atoms with E-state index in [2.05, 4.69) is 35.3 Å². The molecule has 0 bridgehead atoms. The van der Waals surface area contributed by atoms with Gasteiger partial charge in [0.25, 0.3) is 0 Å². The fourth-order valence-corrected chi connectivity index (χ4v) is 2.39. The lowest BCUT2D eigenvalue weighted by Crippen LogP contribution is -2.00. The molecule has 2 heterocycles. The molecule has 3 nitrogen and oxygen atoms in total. The molecule has 0 aromatic carbocycles. The number of thiazole rings is 1. The van der Waals surface area contributed by atoms with Gasteiger partial charge in [-0.25, -0.2) is 9.97 Å². The first-order valence-electron chi connectivity index (χ1n) is 4.99. The first-order valence-corrected chi connectivity index (χ1v) is 5.81. The molecule has 15 heavy (non-hydrogen) atoms. The number of imidazole rings is 1. The molecule has 0 N–H and O–H groups in total. The molecule has 80 valence electrons. The van der Waals surface area contributed by atoms with Gasteiger partial charge >= 0.3 is 0 Å². The van der Waals surface area contributed by atoms with Gasteiger partial charge in [0.2, 0.25) is 0 Å². The molecule has 4 heteroatoms. The summed E-state index contributed by atoms with van der Waals surface area (Å²) < 4.78 is 2.15. The summed E-state index contributed by atoms with van der Waals surface area (Å²) in [5.74, 6) is 0. The van der Waals surface area contributed by atoms with Crippen LogP contribution in [0.2, 0.25) is 0 Å². The van der Waals surface area contributed by atoms with Crippen LogP contribution in [0.15, 0.2) is 6.33 Å². The van der Waals surface area contributed by atoms with E-state index < -0.39 is 0 Å². The second-order valence-corrected chi connectivity index (χ2v) is 5.08. The van der Waals surface area contributed by atoms with Crippen LogP contribution in [0.3, 0.4) is 0 Å². The molecule has 0 fully saturated rings. The van der Waals surface area contributed by atoms with Crippen molar-refractivity contribution >= 4 is 11.3 Å². The first-order chi connectivity index (χ1) is 7.08. The Morgan fingerprint density at radius 1 is 1.20 bits per heavy atom. The van der Waals surface area contributed by atoms with E-state index in [1.807, 2.05) is 13.3 Å². The lowest BCUT2D eigenvalue weighted by molar-refractivity contribution is 0.761. The standard InChI is InChI=1S/C11H15N3S/c1-7-9(3)14(6-12-7)5-11-13-8(2)10(4)15-11/h6H,5H2,1-4H3. The molecule has 0 saturated carbocycles. The molecular formula is C11H15N3S. The molecule has 0 spiro atoms. The van der Waals surface area contributed by atoms with Crippen molar-refractivity contribution in [1.82, 2.24) is 14.5 Å². The summed E-state index contributed by atoms with van der Waals surface area (Å²) in [5, 5.41) is 1.16. The monoisotopic (exact) mass is 221 g/mol. The molecule has 2 aromatic heterocycles. The SMILES string of the molecule is Cc1nc(Cn2cnc(C)c2C)sc1C. The van der Waals surface area contributed by atoms with Crippen molar-refractivity contribution in [3.05, 3.63) is 33.3 Å². The zero-order chi connectivity index (χ0) is 11.0. The molecule has 0 aliphatic rings. The Labute approximate surface area is 93.8 Å². The summed E-state index contributed by atoms with van der Waals surface area (Å²) in [6.45, 7) is 9.13. The largest absolute Gasteiger partial charge is 0.328 e. The van der Waals surface area contributed by atoms with E-state index in [0.29, 0.717) is 0 Å². The van der Waals surface area contributed by atoms with Gasteiger partial charge in [-0.15, -0.1) is 11.3 Å². The van der Waals surface area contributed by atoms with Crippen LogP contribution in [0, 0.1) is 27.7 Å². The van der Waals surface area contributed by atoms with Crippen LogP contribution in [-0.2, 0) is 6.54 Å². The summed E-state index contributed by atoms with van der Waals surface area (Å²) in [5.41, 5.74) is 3.46. The van der Waals surface area contributed by atoms with Crippen molar-refractivity contribution in [3.63, 3.8) is 0 Å². The molecule has 2 aromatic rings. The highest BCUT2D eigenvalue weighted by Gasteiger charge is 2.07. The Kier molecular flexibility index (Phi) is 2.61. The van der Waals surface area contributed by atoms with Crippen LogP contribution in [-0.4, -0.2) is 14.5 Å². The van der Waals surface area contributed by atoms with Crippen LogP contribution in [0.1, 0.15) is 27.0 Å². The Morgan fingerprint density at radius 2 is 1.93 bits per heavy atom. The highest BCUT2D eigenvalue weighted by Crippen LogP contribution is 2.18. The Balaban J connectivity index is 2.25. The van der Waals surface area contributed by atoms with Gasteiger partial charge in [-0.1, -0.05) is 0 Å². The van der Waals surface area contributed by atoms with Crippen LogP contribution in [0.25, 0.3) is 0 Å². The topological polar surface area (TPSA) is 30.7 Å². The molecule has 0 aliphatic carbocycles. The number of rotatable bonds is 2. The minimum Gasteiger partial charge on any atom is -0.328 e. The maximum atomic E-state index is 4.53. The molecule has 0 unspecified atom stereocenters. The van der Waals surface area contributed by atoms with Crippen molar-refractivity contribution in [2.75, 3.05) is 0 Å². The normalized spacial score (nSPS) is 10.9. The van der Waals surface area contributed by atoms with Crippen LogP contribution < -0.4 is 0 Å². The average Bonchev–Trinajstić information content (AvgIpc) is 2.65. The number of hydrogen-bond donors (Lipinski definition) is 0. The van der Waals surface area contributed by atoms with E-state index in [9.17, 15) is 0 Å². The molecule has 0 aliphatic heterocycles. The average molecular weight is 221 g/mol. The Hall–Kier alpha value is -1.16. The van der Waals surface area contributed by atoms with Crippen molar-refractivity contribution in [1.29, 1.82) is 0 Å². The Morgan fingerprint density at radius 3 is 2.40 bits per heavy atom. The van der Waals surface area contributed by atoms with E-state index in [1.165, 1.54) is 10.6 Å². The van der Waals surface area contributed by atoms with Crippen LogP contribution >= 0.6 is 11.3 Å².